The van der Waals surface area contributed by atoms with E-state index in [1.165, 1.54) is 0 Å². The van der Waals surface area contributed by atoms with Crippen molar-refractivity contribution in [2.45, 2.75) is 53.0 Å². The van der Waals surface area contributed by atoms with Crippen LogP contribution in [0, 0.1) is 11.8 Å². The molecule has 1 N–H and O–H groups in total. The van der Waals surface area contributed by atoms with E-state index in [1.54, 1.807) is 0 Å². The van der Waals surface area contributed by atoms with Crippen molar-refractivity contribution >= 4 is 5.97 Å². The molecule has 0 unspecified atom stereocenters. The number of hydrogen-bond donors (Lipinski definition) is 1. The van der Waals surface area contributed by atoms with Crippen molar-refractivity contribution in [1.82, 2.24) is 10.2 Å². The van der Waals surface area contributed by atoms with Crippen LogP contribution in [-0.2, 0) is 9.53 Å². The lowest BCUT2D eigenvalue weighted by atomic mass is 9.80. The predicted octanol–water partition coefficient (Wildman–Crippen LogP) is 2.29. The first-order chi connectivity index (χ1) is 9.42. The number of rotatable bonds is 7. The maximum Gasteiger partial charge on any atom is 0.326 e. The molecule has 20 heavy (non-hydrogen) atoms. The third-order valence-electron chi connectivity index (χ3n) is 3.87. The number of carbonyl (C=O) groups excluding carboxylic acids is 1. The highest BCUT2D eigenvalue weighted by Crippen LogP contribution is 2.33. The largest absolute Gasteiger partial charge is 0.465 e. The monoisotopic (exact) mass is 284 g/mol. The number of piperazine rings is 1. The maximum absolute atomic E-state index is 12.8. The van der Waals surface area contributed by atoms with Crippen LogP contribution in [0.15, 0.2) is 0 Å². The zero-order valence-electron chi connectivity index (χ0n) is 13.9. The fourth-order valence-corrected chi connectivity index (χ4v) is 3.35. The van der Waals surface area contributed by atoms with Crippen molar-refractivity contribution in [3.63, 3.8) is 0 Å². The minimum Gasteiger partial charge on any atom is -0.465 e. The lowest BCUT2D eigenvalue weighted by molar-refractivity contribution is -0.161. The Balaban J connectivity index is 3.05. The molecule has 0 radical (unpaired) electrons. The van der Waals surface area contributed by atoms with Crippen LogP contribution in [0.2, 0.25) is 0 Å². The molecule has 0 spiro atoms. The van der Waals surface area contributed by atoms with Crippen LogP contribution in [0.1, 0.15) is 47.5 Å². The van der Waals surface area contributed by atoms with Crippen LogP contribution in [0.4, 0.5) is 0 Å². The Labute approximate surface area is 124 Å². The summed E-state index contributed by atoms with van der Waals surface area (Å²) in [5.74, 6) is 0.936. The molecule has 0 aromatic heterocycles. The second kappa shape index (κ2) is 7.99. The summed E-state index contributed by atoms with van der Waals surface area (Å²) in [6, 6.07) is 0. The molecule has 0 atom stereocenters. The first kappa shape index (κ1) is 17.4. The van der Waals surface area contributed by atoms with Crippen LogP contribution in [0.3, 0.4) is 0 Å². The summed E-state index contributed by atoms with van der Waals surface area (Å²) in [6.07, 6.45) is 1.76. The molecule has 1 heterocycles. The first-order valence-corrected chi connectivity index (χ1v) is 8.05. The van der Waals surface area contributed by atoms with Crippen LogP contribution < -0.4 is 5.32 Å². The topological polar surface area (TPSA) is 41.6 Å². The Kier molecular flexibility index (Phi) is 6.96. The van der Waals surface area contributed by atoms with Crippen molar-refractivity contribution in [2.24, 2.45) is 11.8 Å². The average molecular weight is 284 g/mol. The highest BCUT2D eigenvalue weighted by Gasteiger charge is 2.46. The van der Waals surface area contributed by atoms with Gasteiger partial charge in [0.1, 0.15) is 5.54 Å². The third-order valence-corrected chi connectivity index (χ3v) is 3.87. The summed E-state index contributed by atoms with van der Waals surface area (Å²) in [4.78, 5) is 15.1. The smallest absolute Gasteiger partial charge is 0.326 e. The van der Waals surface area contributed by atoms with E-state index in [9.17, 15) is 4.79 Å². The molecule has 1 rings (SSSR count). The van der Waals surface area contributed by atoms with Crippen molar-refractivity contribution in [1.29, 1.82) is 0 Å². The molecule has 4 nitrogen and oxygen atoms in total. The Morgan fingerprint density at radius 1 is 1.15 bits per heavy atom. The van der Waals surface area contributed by atoms with E-state index in [2.05, 4.69) is 37.9 Å². The minimum atomic E-state index is -0.444. The SMILES string of the molecule is CCOC(=O)C(CC(C)C)(CC(C)C)N1CCNCC1. The molecule has 1 aliphatic rings. The van der Waals surface area contributed by atoms with Crippen LogP contribution >= 0.6 is 0 Å². The zero-order chi connectivity index (χ0) is 15.2. The number of carbonyl (C=O) groups is 1. The van der Waals surface area contributed by atoms with E-state index < -0.39 is 5.54 Å². The molecule has 0 aromatic carbocycles. The molecule has 118 valence electrons. The van der Waals surface area contributed by atoms with E-state index in [4.69, 9.17) is 4.74 Å². The van der Waals surface area contributed by atoms with Gasteiger partial charge < -0.3 is 10.1 Å². The second-order valence-corrected chi connectivity index (χ2v) is 6.69. The number of nitrogens with zero attached hydrogens (tertiary/aromatic N) is 1. The van der Waals surface area contributed by atoms with Crippen LogP contribution in [0.5, 0.6) is 0 Å². The fourth-order valence-electron chi connectivity index (χ4n) is 3.35. The molecule has 0 bridgehead atoms. The molecule has 0 saturated carbocycles. The van der Waals surface area contributed by atoms with E-state index in [-0.39, 0.29) is 5.97 Å². The van der Waals surface area contributed by atoms with Gasteiger partial charge in [-0.3, -0.25) is 9.69 Å². The lowest BCUT2D eigenvalue weighted by Crippen LogP contribution is -2.61. The molecule has 0 aromatic rings. The molecule has 0 aliphatic carbocycles. The summed E-state index contributed by atoms with van der Waals surface area (Å²) in [7, 11) is 0. The Bertz CT molecular complexity index is 287. The van der Waals surface area contributed by atoms with Gasteiger partial charge in [0, 0.05) is 26.2 Å². The Hall–Kier alpha value is -0.610. The molecule has 1 aliphatic heterocycles. The van der Waals surface area contributed by atoms with Gasteiger partial charge in [0.05, 0.1) is 6.61 Å². The summed E-state index contributed by atoms with van der Waals surface area (Å²) < 4.78 is 5.46. The van der Waals surface area contributed by atoms with Gasteiger partial charge in [-0.2, -0.15) is 0 Å². The molecule has 4 heteroatoms. The van der Waals surface area contributed by atoms with Crippen molar-refractivity contribution in [3.8, 4) is 0 Å². The molecule has 0 amide bonds. The second-order valence-electron chi connectivity index (χ2n) is 6.69. The summed E-state index contributed by atoms with van der Waals surface area (Å²) in [5, 5.41) is 3.37. The fraction of sp³-hybridized carbons (Fsp3) is 0.938. The summed E-state index contributed by atoms with van der Waals surface area (Å²) in [5.41, 5.74) is -0.444. The summed E-state index contributed by atoms with van der Waals surface area (Å²) >= 11 is 0. The number of ether oxygens (including phenoxy) is 1. The van der Waals surface area contributed by atoms with E-state index >= 15 is 0 Å². The summed E-state index contributed by atoms with van der Waals surface area (Å²) in [6.45, 7) is 14.9. The van der Waals surface area contributed by atoms with Gasteiger partial charge in [-0.1, -0.05) is 27.7 Å². The third kappa shape index (κ3) is 4.45. The first-order valence-electron chi connectivity index (χ1n) is 8.05. The van der Waals surface area contributed by atoms with Gasteiger partial charge in [0.25, 0.3) is 0 Å². The van der Waals surface area contributed by atoms with E-state index in [0.29, 0.717) is 18.4 Å². The molecular formula is C16H32N2O2. The highest BCUT2D eigenvalue weighted by atomic mass is 16.5. The van der Waals surface area contributed by atoms with Gasteiger partial charge in [-0.15, -0.1) is 0 Å². The Morgan fingerprint density at radius 3 is 2.05 bits per heavy atom. The lowest BCUT2D eigenvalue weighted by Gasteiger charge is -2.45. The average Bonchev–Trinajstić information content (AvgIpc) is 2.38. The van der Waals surface area contributed by atoms with Crippen LogP contribution in [-0.4, -0.2) is 49.2 Å². The minimum absolute atomic E-state index is 0.0238. The number of hydrogen-bond acceptors (Lipinski definition) is 4. The predicted molar refractivity (Wildman–Crippen MR) is 82.7 cm³/mol. The quantitative estimate of drug-likeness (QED) is 0.728. The Morgan fingerprint density at radius 2 is 1.65 bits per heavy atom. The van der Waals surface area contributed by atoms with E-state index in [0.717, 1.165) is 39.0 Å². The van der Waals surface area contributed by atoms with Gasteiger partial charge in [0.2, 0.25) is 0 Å². The van der Waals surface area contributed by atoms with Gasteiger partial charge >= 0.3 is 5.97 Å². The molecule has 1 saturated heterocycles. The zero-order valence-corrected chi connectivity index (χ0v) is 13.9. The van der Waals surface area contributed by atoms with Crippen molar-refractivity contribution in [3.05, 3.63) is 0 Å². The standard InChI is InChI=1S/C16H32N2O2/c1-6-20-15(19)16(11-13(2)3,12-14(4)5)18-9-7-17-8-10-18/h13-14,17H,6-12H2,1-5H3. The normalized spacial score (nSPS) is 17.8. The van der Waals surface area contributed by atoms with E-state index in [1.807, 2.05) is 6.92 Å². The highest BCUT2D eigenvalue weighted by molar-refractivity contribution is 5.81. The van der Waals surface area contributed by atoms with Gasteiger partial charge in [0.15, 0.2) is 0 Å². The van der Waals surface area contributed by atoms with Gasteiger partial charge in [-0.25, -0.2) is 0 Å². The van der Waals surface area contributed by atoms with Crippen molar-refractivity contribution in [2.75, 3.05) is 32.8 Å². The van der Waals surface area contributed by atoms with Gasteiger partial charge in [-0.05, 0) is 31.6 Å². The maximum atomic E-state index is 12.8. The van der Waals surface area contributed by atoms with Crippen molar-refractivity contribution < 1.29 is 9.53 Å². The number of esters is 1. The molecular weight excluding hydrogens is 252 g/mol. The number of nitrogens with one attached hydrogen (secondary N) is 1. The molecule has 1 fully saturated rings. The van der Waals surface area contributed by atoms with Crippen LogP contribution in [0.25, 0.3) is 0 Å².